The average molecular weight is 373 g/mol. The van der Waals surface area contributed by atoms with Crippen LogP contribution in [-0.2, 0) is 14.3 Å². The lowest BCUT2D eigenvalue weighted by Crippen LogP contribution is -2.51. The second kappa shape index (κ2) is 6.74. The van der Waals surface area contributed by atoms with Crippen LogP contribution in [0.25, 0.3) is 0 Å². The van der Waals surface area contributed by atoms with E-state index in [1.165, 1.54) is 19.3 Å². The van der Waals surface area contributed by atoms with Crippen LogP contribution in [0.1, 0.15) is 85.5 Å². The highest BCUT2D eigenvalue weighted by Crippen LogP contribution is 2.66. The molecule has 0 saturated heterocycles. The summed E-state index contributed by atoms with van der Waals surface area (Å²) in [6.45, 7) is 8.57. The SMILES string of the molecule is CCC(=O)OC1CC[C@@]2(C)C(=CC[C@H]3[C@@H]4CC[C@H](C(C)=O)[C@@]4(C)CC[C@@H]32)C1. The van der Waals surface area contributed by atoms with Gasteiger partial charge >= 0.3 is 5.97 Å². The largest absolute Gasteiger partial charge is 0.462 e. The summed E-state index contributed by atoms with van der Waals surface area (Å²) in [5, 5.41) is 0. The first-order valence-corrected chi connectivity index (χ1v) is 11.2. The third kappa shape index (κ3) is 2.91. The molecule has 150 valence electrons. The zero-order valence-corrected chi connectivity index (χ0v) is 17.6. The first kappa shape index (κ1) is 19.2. The highest BCUT2D eigenvalue weighted by molar-refractivity contribution is 5.79. The number of hydrogen-bond acceptors (Lipinski definition) is 3. The molecule has 0 amide bonds. The highest BCUT2D eigenvalue weighted by atomic mass is 16.5. The molecule has 0 aliphatic heterocycles. The Hall–Kier alpha value is -1.12. The van der Waals surface area contributed by atoms with Crippen molar-refractivity contribution in [3.05, 3.63) is 11.6 Å². The second-order valence-corrected chi connectivity index (χ2v) is 10.3. The summed E-state index contributed by atoms with van der Waals surface area (Å²) in [5.41, 5.74) is 2.05. The Kier molecular flexibility index (Phi) is 4.79. The molecule has 3 heteroatoms. The van der Waals surface area contributed by atoms with Crippen molar-refractivity contribution in [1.29, 1.82) is 0 Å². The van der Waals surface area contributed by atoms with Gasteiger partial charge in [-0.15, -0.1) is 0 Å². The molecule has 3 saturated carbocycles. The quantitative estimate of drug-likeness (QED) is 0.487. The van der Waals surface area contributed by atoms with Gasteiger partial charge in [0, 0.05) is 18.8 Å². The minimum Gasteiger partial charge on any atom is -0.462 e. The maximum Gasteiger partial charge on any atom is 0.305 e. The number of carbonyl (C=O) groups is 2. The minimum atomic E-state index is -0.0625. The van der Waals surface area contributed by atoms with Gasteiger partial charge in [0.1, 0.15) is 11.9 Å². The van der Waals surface area contributed by atoms with Crippen LogP contribution in [0.2, 0.25) is 0 Å². The smallest absolute Gasteiger partial charge is 0.305 e. The minimum absolute atomic E-state index is 0.0625. The maximum absolute atomic E-state index is 12.3. The number of carbonyl (C=O) groups excluding carboxylic acids is 2. The van der Waals surface area contributed by atoms with E-state index in [0.717, 1.165) is 43.9 Å². The molecule has 0 heterocycles. The lowest BCUT2D eigenvalue weighted by molar-refractivity contribution is -0.151. The molecule has 0 bridgehead atoms. The molecule has 0 N–H and O–H groups in total. The van der Waals surface area contributed by atoms with Crippen molar-refractivity contribution in [2.75, 3.05) is 0 Å². The lowest BCUT2D eigenvalue weighted by Gasteiger charge is -2.58. The van der Waals surface area contributed by atoms with E-state index < -0.39 is 0 Å². The molecule has 4 aliphatic rings. The number of ether oxygens (including phenoxy) is 1. The standard InChI is InChI=1S/C24H36O3/c1-5-22(26)27-17-10-12-23(3)16(14-17)6-7-18-20-9-8-19(15(2)25)24(20,4)13-11-21(18)23/h6,17-21H,5,7-14H2,1-4H3/t17?,18-,19+,20-,21-,23-,24+/m0/s1. The van der Waals surface area contributed by atoms with Gasteiger partial charge < -0.3 is 4.74 Å². The Morgan fingerprint density at radius 3 is 2.59 bits per heavy atom. The topological polar surface area (TPSA) is 43.4 Å². The number of esters is 1. The first-order valence-electron chi connectivity index (χ1n) is 11.2. The van der Waals surface area contributed by atoms with Crippen molar-refractivity contribution in [3.8, 4) is 0 Å². The van der Waals surface area contributed by atoms with E-state index in [4.69, 9.17) is 4.74 Å². The van der Waals surface area contributed by atoms with Crippen molar-refractivity contribution >= 4 is 11.8 Å². The summed E-state index contributed by atoms with van der Waals surface area (Å²) in [6.07, 6.45) is 12.1. The predicted molar refractivity (Wildman–Crippen MR) is 106 cm³/mol. The van der Waals surface area contributed by atoms with Crippen LogP contribution in [-0.4, -0.2) is 17.9 Å². The summed E-state index contributed by atoms with van der Waals surface area (Å²) >= 11 is 0. The van der Waals surface area contributed by atoms with Gasteiger partial charge in [-0.3, -0.25) is 9.59 Å². The number of ketones is 1. The van der Waals surface area contributed by atoms with Gasteiger partial charge in [0.2, 0.25) is 0 Å². The van der Waals surface area contributed by atoms with Crippen molar-refractivity contribution in [2.24, 2.45) is 34.5 Å². The molecule has 0 aromatic rings. The Bertz CT molecular complexity index is 665. The molecule has 0 spiro atoms. The Morgan fingerprint density at radius 1 is 1.11 bits per heavy atom. The normalized spacial score (nSPS) is 45.9. The summed E-state index contributed by atoms with van der Waals surface area (Å²) in [4.78, 5) is 24.0. The first-order chi connectivity index (χ1) is 12.8. The molecule has 4 rings (SSSR count). The number of hydrogen-bond donors (Lipinski definition) is 0. The molecule has 0 aromatic heterocycles. The molecule has 0 radical (unpaired) electrons. The number of rotatable bonds is 3. The predicted octanol–water partition coefficient (Wildman–Crippen LogP) is 5.48. The Morgan fingerprint density at radius 2 is 1.89 bits per heavy atom. The maximum atomic E-state index is 12.3. The monoisotopic (exact) mass is 372 g/mol. The molecule has 3 fully saturated rings. The molecular weight excluding hydrogens is 336 g/mol. The van der Waals surface area contributed by atoms with Crippen LogP contribution in [0.3, 0.4) is 0 Å². The van der Waals surface area contributed by atoms with Gasteiger partial charge in [-0.1, -0.05) is 32.4 Å². The Balaban J connectivity index is 1.56. The van der Waals surface area contributed by atoms with Gasteiger partial charge in [0.05, 0.1) is 0 Å². The van der Waals surface area contributed by atoms with E-state index in [0.29, 0.717) is 18.1 Å². The van der Waals surface area contributed by atoms with E-state index in [-0.39, 0.29) is 28.8 Å². The fourth-order valence-electron chi connectivity index (χ4n) is 7.67. The third-order valence-electron chi connectivity index (χ3n) is 9.14. The van der Waals surface area contributed by atoms with Crippen LogP contribution in [0, 0.1) is 34.5 Å². The Labute approximate surface area is 164 Å². The highest BCUT2D eigenvalue weighted by Gasteiger charge is 2.59. The number of allylic oxidation sites excluding steroid dienone is 1. The van der Waals surface area contributed by atoms with Gasteiger partial charge in [-0.25, -0.2) is 0 Å². The molecule has 3 nitrogen and oxygen atoms in total. The molecule has 0 aromatic carbocycles. The molecule has 7 atom stereocenters. The van der Waals surface area contributed by atoms with Crippen molar-refractivity contribution < 1.29 is 14.3 Å². The second-order valence-electron chi connectivity index (χ2n) is 10.3. The molecular formula is C24H36O3. The number of Topliss-reactive ketones (excluding diaryl/α,β-unsaturated/α-hetero) is 1. The van der Waals surface area contributed by atoms with Crippen LogP contribution in [0.5, 0.6) is 0 Å². The van der Waals surface area contributed by atoms with Crippen LogP contribution in [0.15, 0.2) is 11.6 Å². The van der Waals surface area contributed by atoms with Gasteiger partial charge in [-0.2, -0.15) is 0 Å². The summed E-state index contributed by atoms with van der Waals surface area (Å²) in [6, 6.07) is 0. The van der Waals surface area contributed by atoms with Crippen LogP contribution in [0.4, 0.5) is 0 Å². The summed E-state index contributed by atoms with van der Waals surface area (Å²) < 4.78 is 5.68. The number of fused-ring (bicyclic) bond motifs is 5. The van der Waals surface area contributed by atoms with E-state index in [9.17, 15) is 9.59 Å². The third-order valence-corrected chi connectivity index (χ3v) is 9.14. The zero-order valence-electron chi connectivity index (χ0n) is 17.6. The molecule has 27 heavy (non-hydrogen) atoms. The summed E-state index contributed by atoms with van der Waals surface area (Å²) in [5.74, 6) is 2.81. The fraction of sp³-hybridized carbons (Fsp3) is 0.833. The summed E-state index contributed by atoms with van der Waals surface area (Å²) in [7, 11) is 0. The van der Waals surface area contributed by atoms with Gasteiger partial charge in [0.25, 0.3) is 0 Å². The van der Waals surface area contributed by atoms with E-state index in [1.807, 2.05) is 13.8 Å². The van der Waals surface area contributed by atoms with Crippen LogP contribution < -0.4 is 0 Å². The molecule has 4 aliphatic carbocycles. The van der Waals surface area contributed by atoms with Gasteiger partial charge in [-0.05, 0) is 80.5 Å². The molecule has 1 unspecified atom stereocenters. The van der Waals surface area contributed by atoms with Crippen molar-refractivity contribution in [3.63, 3.8) is 0 Å². The van der Waals surface area contributed by atoms with Gasteiger partial charge in [0.15, 0.2) is 0 Å². The van der Waals surface area contributed by atoms with E-state index >= 15 is 0 Å². The fourth-order valence-corrected chi connectivity index (χ4v) is 7.67. The van der Waals surface area contributed by atoms with Crippen molar-refractivity contribution in [1.82, 2.24) is 0 Å². The zero-order chi connectivity index (χ0) is 19.4. The van der Waals surface area contributed by atoms with E-state index in [2.05, 4.69) is 19.9 Å². The van der Waals surface area contributed by atoms with Crippen LogP contribution >= 0.6 is 0 Å². The van der Waals surface area contributed by atoms with Crippen molar-refractivity contribution in [2.45, 2.75) is 91.6 Å². The average Bonchev–Trinajstić information content (AvgIpc) is 2.99. The lowest BCUT2D eigenvalue weighted by atomic mass is 9.47. The van der Waals surface area contributed by atoms with E-state index in [1.54, 1.807) is 5.57 Å².